The smallest absolute Gasteiger partial charge is 0.303 e. The van der Waals surface area contributed by atoms with Crippen molar-refractivity contribution in [2.75, 3.05) is 6.61 Å². The van der Waals surface area contributed by atoms with E-state index in [1.807, 2.05) is 0 Å². The fourth-order valence-corrected chi connectivity index (χ4v) is 2.62. The van der Waals surface area contributed by atoms with Crippen LogP contribution in [0, 0.1) is 0 Å². The Morgan fingerprint density at radius 1 is 0.958 bits per heavy atom. The van der Waals surface area contributed by atoms with Crippen molar-refractivity contribution in [3.8, 4) is 0 Å². The molecule has 0 bridgehead atoms. The number of nitrogens with one attached hydrogen (secondary N) is 1. The fourth-order valence-electron chi connectivity index (χ4n) is 2.28. The number of esters is 3. The minimum atomic E-state index is -1.11. The molecule has 5 atom stereocenters. The number of ether oxygens (including phenoxy) is 4. The van der Waals surface area contributed by atoms with Crippen LogP contribution in [0.2, 0.25) is 0 Å². The summed E-state index contributed by atoms with van der Waals surface area (Å²) >= 11 is 6.11. The highest BCUT2D eigenvalue weighted by Gasteiger charge is 2.50. The zero-order chi connectivity index (χ0) is 18.4. The summed E-state index contributed by atoms with van der Waals surface area (Å²) in [6.07, 6.45) is -3.18. The van der Waals surface area contributed by atoms with Gasteiger partial charge in [-0.3, -0.25) is 19.2 Å². The number of amides is 1. The van der Waals surface area contributed by atoms with E-state index in [0.717, 1.165) is 13.8 Å². The molecular formula is C14H20ClNO8. The molecule has 1 amide bonds. The fraction of sp³-hybridized carbons (Fsp3) is 0.714. The first-order valence-corrected chi connectivity index (χ1v) is 7.60. The number of carbonyl (C=O) groups excluding carboxylic acids is 4. The number of hydrogen-bond acceptors (Lipinski definition) is 8. The molecule has 136 valence electrons. The lowest BCUT2D eigenvalue weighted by Crippen LogP contribution is -2.64. The van der Waals surface area contributed by atoms with Crippen molar-refractivity contribution in [1.82, 2.24) is 5.32 Å². The normalized spacial score (nSPS) is 29.3. The first-order chi connectivity index (χ1) is 11.1. The van der Waals surface area contributed by atoms with Crippen molar-refractivity contribution in [3.05, 3.63) is 0 Å². The highest BCUT2D eigenvalue weighted by Crippen LogP contribution is 2.28. The van der Waals surface area contributed by atoms with E-state index in [0.29, 0.717) is 0 Å². The standard InChI is InChI=1S/C14H20ClNO8/c1-6(17)16-11-13(23-9(4)20)12(22-8(3)19)10(24-14(11)15)5-21-7(2)18/h10-14H,5H2,1-4H3,(H,16,17)/t10-,11+,12+,13-,14-/m1/s1. The largest absolute Gasteiger partial charge is 0.463 e. The Balaban J connectivity index is 3.11. The second-order valence-electron chi connectivity index (χ2n) is 5.20. The Kier molecular flexibility index (Phi) is 7.43. The molecule has 1 rings (SSSR count). The van der Waals surface area contributed by atoms with Crippen LogP contribution in [0.5, 0.6) is 0 Å². The molecule has 0 aromatic rings. The van der Waals surface area contributed by atoms with Gasteiger partial charge in [0.15, 0.2) is 17.8 Å². The van der Waals surface area contributed by atoms with Gasteiger partial charge in [-0.1, -0.05) is 11.6 Å². The first-order valence-electron chi connectivity index (χ1n) is 7.16. The zero-order valence-electron chi connectivity index (χ0n) is 13.7. The molecule has 0 unspecified atom stereocenters. The molecule has 1 heterocycles. The summed E-state index contributed by atoms with van der Waals surface area (Å²) in [5, 5.41) is 2.50. The number of halogens is 1. The van der Waals surface area contributed by atoms with Crippen LogP contribution in [-0.4, -0.2) is 60.3 Å². The lowest BCUT2D eigenvalue weighted by molar-refractivity contribution is -0.212. The van der Waals surface area contributed by atoms with E-state index in [2.05, 4.69) is 5.32 Å². The predicted molar refractivity (Wildman–Crippen MR) is 79.9 cm³/mol. The van der Waals surface area contributed by atoms with Gasteiger partial charge in [-0.15, -0.1) is 0 Å². The van der Waals surface area contributed by atoms with Gasteiger partial charge in [0.1, 0.15) is 18.8 Å². The van der Waals surface area contributed by atoms with Gasteiger partial charge < -0.3 is 24.3 Å². The Bertz CT molecular complexity index is 511. The van der Waals surface area contributed by atoms with Crippen molar-refractivity contribution in [1.29, 1.82) is 0 Å². The van der Waals surface area contributed by atoms with Crippen molar-refractivity contribution in [3.63, 3.8) is 0 Å². The van der Waals surface area contributed by atoms with E-state index >= 15 is 0 Å². The molecule has 1 fully saturated rings. The third-order valence-electron chi connectivity index (χ3n) is 3.06. The second-order valence-corrected chi connectivity index (χ2v) is 5.63. The van der Waals surface area contributed by atoms with Crippen LogP contribution in [0.4, 0.5) is 0 Å². The number of rotatable bonds is 5. The molecule has 10 heteroatoms. The van der Waals surface area contributed by atoms with Crippen molar-refractivity contribution in [2.24, 2.45) is 0 Å². The Morgan fingerprint density at radius 3 is 1.96 bits per heavy atom. The van der Waals surface area contributed by atoms with Gasteiger partial charge in [-0.05, 0) is 0 Å². The van der Waals surface area contributed by atoms with Crippen LogP contribution in [0.15, 0.2) is 0 Å². The number of carbonyl (C=O) groups is 4. The SMILES string of the molecule is CC(=O)N[C@H]1[C@@H](OC(C)=O)[C@@H](OC(C)=O)[C@@H](COC(C)=O)O[C@H]1Cl. The summed E-state index contributed by atoms with van der Waals surface area (Å²) in [7, 11) is 0. The zero-order valence-corrected chi connectivity index (χ0v) is 14.5. The van der Waals surface area contributed by atoms with Crippen LogP contribution in [0.3, 0.4) is 0 Å². The van der Waals surface area contributed by atoms with Crippen LogP contribution >= 0.6 is 11.6 Å². The Morgan fingerprint density at radius 2 is 1.50 bits per heavy atom. The Labute approximate surface area is 143 Å². The van der Waals surface area contributed by atoms with Crippen molar-refractivity contribution >= 4 is 35.4 Å². The topological polar surface area (TPSA) is 117 Å². The van der Waals surface area contributed by atoms with Gasteiger partial charge in [0, 0.05) is 27.7 Å². The molecule has 0 radical (unpaired) electrons. The highest BCUT2D eigenvalue weighted by molar-refractivity contribution is 6.20. The Hall–Kier alpha value is -1.87. The van der Waals surface area contributed by atoms with Crippen LogP contribution in [0.25, 0.3) is 0 Å². The lowest BCUT2D eigenvalue weighted by atomic mass is 9.97. The molecule has 1 aliphatic heterocycles. The van der Waals surface area contributed by atoms with E-state index in [9.17, 15) is 19.2 Å². The lowest BCUT2D eigenvalue weighted by Gasteiger charge is -2.43. The van der Waals surface area contributed by atoms with Gasteiger partial charge in [-0.2, -0.15) is 0 Å². The van der Waals surface area contributed by atoms with Gasteiger partial charge in [0.05, 0.1) is 0 Å². The maximum Gasteiger partial charge on any atom is 0.303 e. The minimum absolute atomic E-state index is 0.263. The summed E-state index contributed by atoms with van der Waals surface area (Å²) in [6.45, 7) is 4.51. The third kappa shape index (κ3) is 5.97. The average Bonchev–Trinajstić information content (AvgIpc) is 2.42. The van der Waals surface area contributed by atoms with E-state index in [4.69, 9.17) is 30.5 Å². The van der Waals surface area contributed by atoms with E-state index in [1.165, 1.54) is 13.8 Å². The van der Waals surface area contributed by atoms with Gasteiger partial charge >= 0.3 is 17.9 Å². The molecule has 0 aromatic carbocycles. The maximum atomic E-state index is 11.4. The summed E-state index contributed by atoms with van der Waals surface area (Å²) in [4.78, 5) is 45.2. The maximum absolute atomic E-state index is 11.4. The van der Waals surface area contributed by atoms with E-state index < -0.39 is 53.7 Å². The molecule has 0 spiro atoms. The van der Waals surface area contributed by atoms with Gasteiger partial charge in [0.25, 0.3) is 0 Å². The van der Waals surface area contributed by atoms with Crippen molar-refractivity contribution < 1.29 is 38.1 Å². The van der Waals surface area contributed by atoms with E-state index in [-0.39, 0.29) is 6.61 Å². The van der Waals surface area contributed by atoms with Gasteiger partial charge in [0.2, 0.25) is 5.91 Å². The summed E-state index contributed by atoms with van der Waals surface area (Å²) in [5.74, 6) is -2.33. The molecule has 1 aliphatic rings. The molecule has 0 aromatic heterocycles. The second kappa shape index (κ2) is 8.84. The third-order valence-corrected chi connectivity index (χ3v) is 3.43. The molecule has 9 nitrogen and oxygen atoms in total. The van der Waals surface area contributed by atoms with Crippen LogP contribution in [-0.2, 0) is 38.1 Å². The quantitative estimate of drug-likeness (QED) is 0.407. The summed E-state index contributed by atoms with van der Waals surface area (Å²) in [5.41, 5.74) is -1.09. The summed E-state index contributed by atoms with van der Waals surface area (Å²) in [6, 6.07) is -0.953. The molecule has 1 N–H and O–H groups in total. The number of alkyl halides is 1. The highest BCUT2D eigenvalue weighted by atomic mass is 35.5. The molecule has 1 saturated heterocycles. The minimum Gasteiger partial charge on any atom is -0.463 e. The predicted octanol–water partition coefficient (Wildman–Crippen LogP) is -0.119. The van der Waals surface area contributed by atoms with Crippen LogP contribution < -0.4 is 5.32 Å². The van der Waals surface area contributed by atoms with Crippen molar-refractivity contribution in [2.45, 2.75) is 57.6 Å². The van der Waals surface area contributed by atoms with E-state index in [1.54, 1.807) is 0 Å². The first kappa shape index (κ1) is 20.2. The molecule has 0 aliphatic carbocycles. The number of hydrogen-bond donors (Lipinski definition) is 1. The molecule has 0 saturated carbocycles. The van der Waals surface area contributed by atoms with Crippen LogP contribution in [0.1, 0.15) is 27.7 Å². The average molecular weight is 366 g/mol. The van der Waals surface area contributed by atoms with Gasteiger partial charge in [-0.25, -0.2) is 0 Å². The summed E-state index contributed by atoms with van der Waals surface area (Å²) < 4.78 is 20.7. The molecule has 24 heavy (non-hydrogen) atoms. The molecular weight excluding hydrogens is 346 g/mol. The monoisotopic (exact) mass is 365 g/mol.